The van der Waals surface area contributed by atoms with Crippen molar-refractivity contribution in [3.05, 3.63) is 137 Å². The third-order valence-corrected chi connectivity index (χ3v) is 7.81. The molecular weight excluding hydrogens is 746 g/mol. The molecule has 0 N–H and O–H groups in total. The molecule has 12 heteroatoms. The lowest BCUT2D eigenvalue weighted by atomic mass is 10.2. The number of nitrogens with zero attached hydrogens (tertiary/aromatic N) is 1. The first-order chi connectivity index (χ1) is 25.7. The second-order valence-electron chi connectivity index (χ2n) is 11.1. The highest BCUT2D eigenvalue weighted by molar-refractivity contribution is 9.10. The van der Waals surface area contributed by atoms with Gasteiger partial charge in [0.15, 0.2) is 0 Å². The van der Waals surface area contributed by atoms with E-state index in [4.69, 9.17) is 28.4 Å². The molecule has 0 atom stereocenters. The molecule has 0 fully saturated rings. The molecule has 0 heterocycles. The highest BCUT2D eigenvalue weighted by Gasteiger charge is 2.13. The minimum atomic E-state index is -0.529. The van der Waals surface area contributed by atoms with E-state index in [9.17, 15) is 19.2 Å². The summed E-state index contributed by atoms with van der Waals surface area (Å²) in [5.74, 6) is -0.00411. The van der Waals surface area contributed by atoms with E-state index in [2.05, 4.69) is 34.1 Å². The molecule has 0 amide bonds. The van der Waals surface area contributed by atoms with Crippen LogP contribution >= 0.6 is 15.9 Å². The molecule has 4 rings (SSSR count). The second kappa shape index (κ2) is 21.4. The van der Waals surface area contributed by atoms with Crippen molar-refractivity contribution in [3.63, 3.8) is 0 Å². The molecular formula is C41H38BrNO10. The predicted molar refractivity (Wildman–Crippen MR) is 202 cm³/mol. The maximum Gasteiger partial charge on any atom is 0.343 e. The van der Waals surface area contributed by atoms with Gasteiger partial charge in [0.05, 0.1) is 47.7 Å². The summed E-state index contributed by atoms with van der Waals surface area (Å²) < 4.78 is 32.8. The number of hydrogen-bond donors (Lipinski definition) is 0. The number of carbonyl (C=O) groups is 4. The Morgan fingerprint density at radius 3 is 1.55 bits per heavy atom. The summed E-state index contributed by atoms with van der Waals surface area (Å²) in [4.78, 5) is 52.0. The summed E-state index contributed by atoms with van der Waals surface area (Å²) in [5.41, 5.74) is 2.12. The number of unbranched alkanes of at least 4 members (excludes halogenated alkanes) is 2. The molecule has 0 aliphatic carbocycles. The quantitative estimate of drug-likeness (QED) is 0.0283. The molecule has 0 saturated heterocycles. The summed E-state index contributed by atoms with van der Waals surface area (Å²) in [6, 6.07) is 25.2. The number of esters is 4. The van der Waals surface area contributed by atoms with Gasteiger partial charge in [-0.1, -0.05) is 13.2 Å². The fourth-order valence-electron chi connectivity index (χ4n) is 4.37. The molecule has 0 aromatic heterocycles. The van der Waals surface area contributed by atoms with Crippen LogP contribution in [0.4, 0.5) is 5.69 Å². The van der Waals surface area contributed by atoms with Gasteiger partial charge in [-0.05, 0) is 138 Å². The Bertz CT molecular complexity index is 1890. The average molecular weight is 785 g/mol. The smallest absolute Gasteiger partial charge is 0.343 e. The van der Waals surface area contributed by atoms with E-state index in [0.29, 0.717) is 96.4 Å². The zero-order valence-corrected chi connectivity index (χ0v) is 30.5. The average Bonchev–Trinajstić information content (AvgIpc) is 3.18. The number of benzene rings is 4. The highest BCUT2D eigenvalue weighted by atomic mass is 79.9. The van der Waals surface area contributed by atoms with Gasteiger partial charge in [0, 0.05) is 18.4 Å². The molecule has 0 spiro atoms. The lowest BCUT2D eigenvalue weighted by Gasteiger charge is -2.09. The van der Waals surface area contributed by atoms with E-state index in [1.807, 2.05) is 0 Å². The summed E-state index contributed by atoms with van der Waals surface area (Å²) >= 11 is 3.45. The minimum Gasteiger partial charge on any atom is -0.494 e. The molecule has 0 saturated carbocycles. The van der Waals surface area contributed by atoms with Crippen LogP contribution in [0.5, 0.6) is 23.0 Å². The normalized spacial score (nSPS) is 10.6. The Kier molecular flexibility index (Phi) is 16.0. The Hall–Kier alpha value is -6.01. The monoisotopic (exact) mass is 783 g/mol. The Balaban J connectivity index is 1.19. The van der Waals surface area contributed by atoms with Crippen molar-refractivity contribution >= 4 is 51.7 Å². The molecule has 0 aliphatic rings. The SMILES string of the molecule is C=CC(=O)OCCCCOc1ccc(C(=O)Oc2ccc(/C=N/c3ccc(OC(=O)c4ccc(OCCCCOC(=O)C=C)cc4)c(Br)c3)cc2)cc1. The Labute approximate surface area is 316 Å². The van der Waals surface area contributed by atoms with Crippen molar-refractivity contribution in [2.45, 2.75) is 25.7 Å². The second-order valence-corrected chi connectivity index (χ2v) is 12.0. The highest BCUT2D eigenvalue weighted by Crippen LogP contribution is 2.30. The Morgan fingerprint density at radius 1 is 0.585 bits per heavy atom. The summed E-state index contributed by atoms with van der Waals surface area (Å²) in [5, 5.41) is 0. The number of carbonyl (C=O) groups excluding carboxylic acids is 4. The van der Waals surface area contributed by atoms with Crippen LogP contribution in [-0.2, 0) is 19.1 Å². The van der Waals surface area contributed by atoms with E-state index in [1.165, 1.54) is 0 Å². The van der Waals surface area contributed by atoms with Crippen molar-refractivity contribution in [3.8, 4) is 23.0 Å². The molecule has 4 aromatic rings. The summed E-state index contributed by atoms with van der Waals surface area (Å²) in [6.07, 6.45) is 6.63. The fourth-order valence-corrected chi connectivity index (χ4v) is 4.82. The maximum atomic E-state index is 12.7. The van der Waals surface area contributed by atoms with E-state index < -0.39 is 23.9 Å². The first kappa shape index (κ1) is 39.8. The van der Waals surface area contributed by atoms with Gasteiger partial charge in [-0.25, -0.2) is 19.2 Å². The molecule has 0 bridgehead atoms. The van der Waals surface area contributed by atoms with Crippen LogP contribution in [0.15, 0.2) is 126 Å². The third-order valence-electron chi connectivity index (χ3n) is 7.19. The molecule has 0 unspecified atom stereocenters. The van der Waals surface area contributed by atoms with Gasteiger partial charge in [0.1, 0.15) is 23.0 Å². The number of hydrogen-bond acceptors (Lipinski definition) is 11. The van der Waals surface area contributed by atoms with Gasteiger partial charge < -0.3 is 28.4 Å². The van der Waals surface area contributed by atoms with E-state index in [0.717, 1.165) is 17.7 Å². The third kappa shape index (κ3) is 13.9. The minimum absolute atomic E-state index is 0.301. The molecule has 0 radical (unpaired) electrons. The van der Waals surface area contributed by atoms with Crippen LogP contribution in [0.2, 0.25) is 0 Å². The summed E-state index contributed by atoms with van der Waals surface area (Å²) in [7, 11) is 0. The van der Waals surface area contributed by atoms with E-state index in [1.54, 1.807) is 97.2 Å². The van der Waals surface area contributed by atoms with Gasteiger partial charge in [-0.2, -0.15) is 0 Å². The van der Waals surface area contributed by atoms with Crippen LogP contribution in [0.25, 0.3) is 0 Å². The van der Waals surface area contributed by atoms with Crippen LogP contribution < -0.4 is 18.9 Å². The zero-order valence-electron chi connectivity index (χ0n) is 28.9. The topological polar surface area (TPSA) is 136 Å². The van der Waals surface area contributed by atoms with Crippen LogP contribution in [0.1, 0.15) is 52.0 Å². The van der Waals surface area contributed by atoms with Crippen molar-refractivity contribution < 1.29 is 47.6 Å². The fraction of sp³-hybridized carbons (Fsp3) is 0.195. The van der Waals surface area contributed by atoms with Gasteiger partial charge in [-0.3, -0.25) is 4.99 Å². The van der Waals surface area contributed by atoms with E-state index >= 15 is 0 Å². The van der Waals surface area contributed by atoms with Crippen molar-refractivity contribution in [2.75, 3.05) is 26.4 Å². The van der Waals surface area contributed by atoms with Gasteiger partial charge in [0.2, 0.25) is 0 Å². The van der Waals surface area contributed by atoms with Gasteiger partial charge >= 0.3 is 23.9 Å². The molecule has 0 aliphatic heterocycles. The Morgan fingerprint density at radius 2 is 1.06 bits per heavy atom. The maximum absolute atomic E-state index is 12.7. The zero-order chi connectivity index (χ0) is 37.8. The molecule has 11 nitrogen and oxygen atoms in total. The van der Waals surface area contributed by atoms with Crippen molar-refractivity contribution in [1.82, 2.24) is 0 Å². The standard InChI is InChI=1S/C41H38BrNO10/c1-3-38(44)50-25-7-5-23-48-33-18-11-30(12-19-33)40(46)52-35-16-9-29(10-17-35)28-43-32-15-22-37(36(42)27-32)53-41(47)31-13-20-34(21-14-31)49-24-6-8-26-51-39(45)4-2/h3-4,9-22,27-28H,1-2,5-8,23-26H2/b43-28+. The van der Waals surface area contributed by atoms with Crippen molar-refractivity contribution in [1.29, 1.82) is 0 Å². The van der Waals surface area contributed by atoms with Crippen LogP contribution in [-0.4, -0.2) is 56.5 Å². The first-order valence-electron chi connectivity index (χ1n) is 16.7. The largest absolute Gasteiger partial charge is 0.494 e. The van der Waals surface area contributed by atoms with Gasteiger partial charge in [-0.15, -0.1) is 0 Å². The number of ether oxygens (including phenoxy) is 6. The lowest BCUT2D eigenvalue weighted by molar-refractivity contribution is -0.138. The van der Waals surface area contributed by atoms with Gasteiger partial charge in [0.25, 0.3) is 0 Å². The molecule has 4 aromatic carbocycles. The van der Waals surface area contributed by atoms with E-state index in [-0.39, 0.29) is 0 Å². The summed E-state index contributed by atoms with van der Waals surface area (Å²) in [6.45, 7) is 8.19. The number of halogens is 1. The number of rotatable bonds is 20. The molecule has 274 valence electrons. The van der Waals surface area contributed by atoms with Crippen molar-refractivity contribution in [2.24, 2.45) is 4.99 Å². The lowest BCUT2D eigenvalue weighted by Crippen LogP contribution is -2.09. The number of aliphatic imine (C=N–C) groups is 1. The predicted octanol–water partition coefficient (Wildman–Crippen LogP) is 8.41. The molecule has 53 heavy (non-hydrogen) atoms. The van der Waals surface area contributed by atoms with Crippen LogP contribution in [0.3, 0.4) is 0 Å². The first-order valence-corrected chi connectivity index (χ1v) is 17.5. The van der Waals surface area contributed by atoms with Crippen LogP contribution in [0, 0.1) is 0 Å².